The fourth-order valence-electron chi connectivity index (χ4n) is 2.06. The number of aromatic amines is 1. The Morgan fingerprint density at radius 2 is 2.57 bits per heavy atom. The van der Waals surface area contributed by atoms with Gasteiger partial charge in [0.1, 0.15) is 6.56 Å². The van der Waals surface area contributed by atoms with E-state index in [1.165, 1.54) is 7.05 Å². The van der Waals surface area contributed by atoms with Crippen molar-refractivity contribution in [3.63, 3.8) is 0 Å². The van der Waals surface area contributed by atoms with Crippen molar-refractivity contribution in [3.05, 3.63) is 35.4 Å². The summed E-state index contributed by atoms with van der Waals surface area (Å²) < 4.78 is 91.8. The molecule has 5 heteroatoms. The zero-order valence-electron chi connectivity index (χ0n) is 22.4. The van der Waals surface area contributed by atoms with Crippen molar-refractivity contribution in [2.75, 3.05) is 27.1 Å². The molecule has 3 rings (SSSR count). The van der Waals surface area contributed by atoms with Gasteiger partial charge in [-0.05, 0) is 50.1 Å². The van der Waals surface area contributed by atoms with E-state index in [4.69, 9.17) is 15.2 Å². The summed E-state index contributed by atoms with van der Waals surface area (Å²) in [6.07, 6.45) is -2.06. The van der Waals surface area contributed by atoms with Crippen molar-refractivity contribution in [2.24, 2.45) is 0 Å². The van der Waals surface area contributed by atoms with Gasteiger partial charge in [-0.3, -0.25) is 0 Å². The molecular weight excluding hydrogens is 266 g/mol. The van der Waals surface area contributed by atoms with Crippen LogP contribution in [0.15, 0.2) is 24.3 Å². The molecule has 1 aliphatic heterocycles. The van der Waals surface area contributed by atoms with Gasteiger partial charge in [-0.1, -0.05) is 6.04 Å². The van der Waals surface area contributed by atoms with Crippen LogP contribution in [0.2, 0.25) is 2.82 Å². The second kappa shape index (κ2) is 5.77. The molecule has 0 spiro atoms. The van der Waals surface area contributed by atoms with Crippen LogP contribution in [0.4, 0.5) is 4.79 Å². The summed E-state index contributed by atoms with van der Waals surface area (Å²) in [6, 6.07) is -2.76. The second-order valence-corrected chi connectivity index (χ2v) is 4.79. The molecular formula is C16H21N3O2. The lowest BCUT2D eigenvalue weighted by molar-refractivity contribution is 0.177. The van der Waals surface area contributed by atoms with Crippen LogP contribution < -0.4 is 5.31 Å². The first kappa shape index (κ1) is 6.01. The number of carbonyl (C=O) groups is 1. The standard InChI is InChI=1S/C16H21N3O2/c1-19(2)6-5-12-9-17-15-4-3-11(8-14(12)15)7-13-10-21-16(20)18-13/h3-4,8-9,13,17H,5-7,10H2,1-2H3,(H,18,20)/t13-/m0/s1/i1D3,3D,4D,8D,9D,10D2/hD2. The number of ether oxygens (including phenoxy) is 1. The van der Waals surface area contributed by atoms with Gasteiger partial charge >= 0.3 is 6.09 Å². The molecule has 1 aromatic heterocycles. The van der Waals surface area contributed by atoms with Gasteiger partial charge in [0, 0.05) is 27.7 Å². The number of cyclic esters (lactones) is 1. The number of benzene rings is 1. The topological polar surface area (TPSA) is 57.4 Å². The number of nitrogens with zero attached hydrogens (tertiary/aromatic N) is 1. The van der Waals surface area contributed by atoms with E-state index in [0.717, 1.165) is 4.90 Å². The molecule has 2 aromatic rings. The third kappa shape index (κ3) is 3.19. The van der Waals surface area contributed by atoms with E-state index in [9.17, 15) is 4.79 Å². The van der Waals surface area contributed by atoms with Crippen LogP contribution in [0.25, 0.3) is 10.9 Å². The molecule has 1 saturated heterocycles. The maximum absolute atomic E-state index is 11.6. The van der Waals surface area contributed by atoms with E-state index >= 15 is 0 Å². The van der Waals surface area contributed by atoms with Gasteiger partial charge < -0.3 is 19.9 Å². The molecule has 0 bridgehead atoms. The minimum absolute atomic E-state index is 0.0160. The normalized spacial score (nSPS) is 29.2. The average Bonchev–Trinajstić information content (AvgIpc) is 3.04. The number of hydrogen-bond acceptors (Lipinski definition) is 3. The zero-order chi connectivity index (χ0) is 24.3. The van der Waals surface area contributed by atoms with Crippen LogP contribution >= 0.6 is 0 Å². The lowest BCUT2D eigenvalue weighted by atomic mass is 10.0. The fourth-order valence-corrected chi connectivity index (χ4v) is 2.06. The lowest BCUT2D eigenvalue weighted by Gasteiger charge is -2.09. The van der Waals surface area contributed by atoms with E-state index < -0.39 is 44.2 Å². The fraction of sp³-hybridized carbons (Fsp3) is 0.438. The second-order valence-electron chi connectivity index (χ2n) is 4.79. The molecule has 1 aliphatic rings. The molecule has 2 N–H and O–H groups in total. The van der Waals surface area contributed by atoms with Crippen LogP contribution in [-0.4, -0.2) is 49.1 Å². The molecule has 5 nitrogen and oxygen atoms in total. The number of H-pyrrole nitrogens is 1. The Balaban J connectivity index is 2.13. The molecule has 0 radical (unpaired) electrons. The molecule has 112 valence electrons. The highest BCUT2D eigenvalue weighted by molar-refractivity contribution is 5.84. The number of aromatic nitrogens is 1. The molecule has 0 saturated carbocycles. The number of amides is 1. The SMILES string of the molecule is [2H]c1c(C[C@@H]2N([2H])C(=O)OC2([2H])[2H])c([2H])c2c(CCN(C)C([2H])([2H])[2H])c([2H])n([2H])c2c1[2H]. The summed E-state index contributed by atoms with van der Waals surface area (Å²) >= 11 is 0. The van der Waals surface area contributed by atoms with Crippen LogP contribution in [0.3, 0.4) is 0 Å². The van der Waals surface area contributed by atoms with E-state index in [-0.39, 0.29) is 52.5 Å². The first-order valence-corrected chi connectivity index (χ1v) is 6.43. The van der Waals surface area contributed by atoms with Crippen molar-refractivity contribution in [1.29, 1.82) is 0 Å². The maximum atomic E-state index is 11.6. The summed E-state index contributed by atoms with van der Waals surface area (Å²) in [5.74, 6) is 0. The van der Waals surface area contributed by atoms with Crippen molar-refractivity contribution in [1.82, 2.24) is 15.2 Å². The zero-order valence-corrected chi connectivity index (χ0v) is 11.4. The van der Waals surface area contributed by atoms with Crippen LogP contribution in [0, 0.1) is 0 Å². The predicted molar refractivity (Wildman–Crippen MR) is 82.5 cm³/mol. The maximum Gasteiger partial charge on any atom is 0.407 e. The molecule has 21 heavy (non-hydrogen) atoms. The van der Waals surface area contributed by atoms with E-state index in [2.05, 4.69) is 4.74 Å². The smallest absolute Gasteiger partial charge is 0.407 e. The Bertz CT molecular complexity index is 1080. The number of rotatable bonds is 5. The van der Waals surface area contributed by atoms with Gasteiger partial charge in [0.05, 0.1) is 14.3 Å². The van der Waals surface area contributed by atoms with Crippen LogP contribution in [0.5, 0.6) is 0 Å². The van der Waals surface area contributed by atoms with Crippen LogP contribution in [0.1, 0.15) is 23.5 Å². The quantitative estimate of drug-likeness (QED) is 0.887. The minimum atomic E-state index is -2.55. The number of hydrogen-bond donors (Lipinski definition) is 2. The summed E-state index contributed by atoms with van der Waals surface area (Å²) in [6.45, 7) is -4.97. The highest BCUT2D eigenvalue weighted by Crippen LogP contribution is 2.21. The monoisotopic (exact) mass is 298 g/mol. The van der Waals surface area contributed by atoms with Gasteiger partial charge in [0.15, 0.2) is 2.82 Å². The third-order valence-corrected chi connectivity index (χ3v) is 3.09. The summed E-state index contributed by atoms with van der Waals surface area (Å²) in [5, 5.41) is 0.298. The number of fused-ring (bicyclic) bond motifs is 1. The number of nitrogens with one attached hydrogen (secondary N) is 2. The molecule has 0 unspecified atom stereocenters. The molecule has 0 aliphatic carbocycles. The van der Waals surface area contributed by atoms with E-state index in [1.807, 2.05) is 0 Å². The molecule has 2 heterocycles. The van der Waals surface area contributed by atoms with Gasteiger partial charge in [-0.15, -0.1) is 0 Å². The Morgan fingerprint density at radius 3 is 3.33 bits per heavy atom. The van der Waals surface area contributed by atoms with Crippen molar-refractivity contribution in [3.8, 4) is 0 Å². The predicted octanol–water partition coefficient (Wildman–Crippen LogP) is 1.92. The van der Waals surface area contributed by atoms with Gasteiger partial charge in [0.25, 0.3) is 0 Å². The Morgan fingerprint density at radius 1 is 1.67 bits per heavy atom. The highest BCUT2D eigenvalue weighted by Gasteiger charge is 2.22. The van der Waals surface area contributed by atoms with Crippen LogP contribution in [-0.2, 0) is 17.6 Å². The Hall–Kier alpha value is -2.01. The lowest BCUT2D eigenvalue weighted by Crippen LogP contribution is -2.28. The number of alkyl carbamates (subject to hydrolysis) is 1. The van der Waals surface area contributed by atoms with Crippen molar-refractivity contribution in [2.45, 2.75) is 18.9 Å². The van der Waals surface area contributed by atoms with Crippen molar-refractivity contribution < 1.29 is 24.7 Å². The van der Waals surface area contributed by atoms with Gasteiger partial charge in [-0.2, -0.15) is 0 Å². The molecule has 1 fully saturated rings. The van der Waals surface area contributed by atoms with Crippen molar-refractivity contribution >= 4 is 17.0 Å². The van der Waals surface area contributed by atoms with E-state index in [0.29, 0.717) is 4.98 Å². The molecule has 1 atom stereocenters. The van der Waals surface area contributed by atoms with Gasteiger partial charge in [0.2, 0.25) is 0 Å². The molecule has 1 amide bonds. The number of carbonyl (C=O) groups excluding carboxylic acids is 1. The minimum Gasteiger partial charge on any atom is -0.447 e. The Kier molecular flexibility index (Phi) is 1.65. The Labute approximate surface area is 139 Å². The highest BCUT2D eigenvalue weighted by atomic mass is 16.6. The average molecular weight is 298 g/mol. The first-order chi connectivity index (χ1) is 14.6. The summed E-state index contributed by atoms with van der Waals surface area (Å²) in [5.41, 5.74) is -0.150. The van der Waals surface area contributed by atoms with E-state index in [1.54, 1.807) is 0 Å². The molecule has 1 aromatic carbocycles. The largest absolute Gasteiger partial charge is 0.447 e. The van der Waals surface area contributed by atoms with Gasteiger partial charge in [-0.25, -0.2) is 4.79 Å². The summed E-state index contributed by atoms with van der Waals surface area (Å²) in [4.78, 5) is 13.3. The number of likely N-dealkylation sites (N-methyl/N-ethyl adjacent to an activating group) is 1. The first-order valence-electron chi connectivity index (χ1n) is 11.8. The third-order valence-electron chi connectivity index (χ3n) is 3.09. The summed E-state index contributed by atoms with van der Waals surface area (Å²) in [7, 11) is 1.36.